The molecule has 1 aliphatic carbocycles. The lowest BCUT2D eigenvalue weighted by Crippen LogP contribution is -2.61. The second-order valence-electron chi connectivity index (χ2n) is 16.0. The van der Waals surface area contributed by atoms with Crippen LogP contribution in [0.3, 0.4) is 0 Å². The van der Waals surface area contributed by atoms with Gasteiger partial charge in [-0.15, -0.1) is 0 Å². The van der Waals surface area contributed by atoms with E-state index >= 15 is 0 Å². The zero-order valence-electron chi connectivity index (χ0n) is 31.8. The highest BCUT2D eigenvalue weighted by Crippen LogP contribution is 2.45. The number of aliphatic hydroxyl groups is 1. The first-order valence-electron chi connectivity index (χ1n) is 19.3. The number of rotatable bonds is 11. The molecule has 3 aromatic carbocycles. The van der Waals surface area contributed by atoms with Crippen molar-refractivity contribution in [3.05, 3.63) is 108 Å². The molecule has 284 valence electrons. The van der Waals surface area contributed by atoms with E-state index in [1.54, 1.807) is 0 Å². The van der Waals surface area contributed by atoms with Crippen LogP contribution in [0.5, 0.6) is 0 Å². The number of hydrogen-bond acceptors (Lipinski definition) is 7. The summed E-state index contributed by atoms with van der Waals surface area (Å²) in [7, 11) is 0. The number of hydrogen-bond donors (Lipinski definition) is 3. The molecule has 1 saturated carbocycles. The van der Waals surface area contributed by atoms with Crippen LogP contribution >= 0.6 is 0 Å². The van der Waals surface area contributed by atoms with Gasteiger partial charge in [0.05, 0.1) is 24.9 Å². The Bertz CT molecular complexity index is 1700. The van der Waals surface area contributed by atoms with Crippen LogP contribution < -0.4 is 10.6 Å². The number of amides is 2. The third-order valence-corrected chi connectivity index (χ3v) is 11.0. The summed E-state index contributed by atoms with van der Waals surface area (Å²) >= 11 is 0. The van der Waals surface area contributed by atoms with Crippen molar-refractivity contribution in [1.82, 2.24) is 15.5 Å². The Morgan fingerprint density at radius 3 is 2.40 bits per heavy atom. The second-order valence-corrected chi connectivity index (χ2v) is 16.0. The first kappa shape index (κ1) is 38.7. The van der Waals surface area contributed by atoms with Gasteiger partial charge in [0.1, 0.15) is 6.61 Å². The number of carbonyl (C=O) groups is 2. The van der Waals surface area contributed by atoms with Crippen molar-refractivity contribution >= 4 is 12.0 Å². The molecule has 9 heteroatoms. The van der Waals surface area contributed by atoms with Crippen molar-refractivity contribution in [1.29, 1.82) is 0 Å². The number of nitrogens with one attached hydrogen (secondary N) is 2. The van der Waals surface area contributed by atoms with E-state index in [1.807, 2.05) is 69.3 Å². The molecule has 2 aliphatic heterocycles. The minimum absolute atomic E-state index is 0.00736. The molecule has 9 nitrogen and oxygen atoms in total. The molecule has 53 heavy (non-hydrogen) atoms. The molecule has 3 aliphatic rings. The first-order valence-corrected chi connectivity index (χ1v) is 19.3. The SMILES string of the molecule is C=CCOC(=O)NCc1cccc(-c2cccc(C3OC(CN4C(C(=O)NC(C)(C)C)CCC5CCCCC54)C(C)C(c4ccc(CO)cc4)O3)c2)c1. The number of alkyl carbamates (subject to hydrolysis) is 1. The van der Waals surface area contributed by atoms with E-state index in [9.17, 15) is 14.7 Å². The maximum absolute atomic E-state index is 13.9. The van der Waals surface area contributed by atoms with E-state index in [0.717, 1.165) is 52.6 Å². The molecule has 3 fully saturated rings. The lowest BCUT2D eigenvalue weighted by atomic mass is 9.75. The zero-order valence-corrected chi connectivity index (χ0v) is 31.8. The van der Waals surface area contributed by atoms with Crippen LogP contribution in [0.1, 0.15) is 101 Å². The number of fused-ring (bicyclic) bond motifs is 1. The van der Waals surface area contributed by atoms with E-state index in [4.69, 9.17) is 14.2 Å². The monoisotopic (exact) mass is 723 g/mol. The number of aliphatic hydroxyl groups excluding tert-OH is 1. The number of nitrogens with zero attached hydrogens (tertiary/aromatic N) is 1. The summed E-state index contributed by atoms with van der Waals surface area (Å²) in [6, 6.07) is 24.5. The van der Waals surface area contributed by atoms with Gasteiger partial charge in [-0.1, -0.05) is 93.1 Å². The van der Waals surface area contributed by atoms with Gasteiger partial charge in [0.25, 0.3) is 0 Å². The minimum Gasteiger partial charge on any atom is -0.445 e. The summed E-state index contributed by atoms with van der Waals surface area (Å²) in [6.07, 6.45) is 6.62. The normalized spacial score (nSPS) is 26.2. The molecule has 2 saturated heterocycles. The van der Waals surface area contributed by atoms with Crippen molar-refractivity contribution in [3.8, 4) is 11.1 Å². The van der Waals surface area contributed by atoms with Crippen molar-refractivity contribution in [2.24, 2.45) is 11.8 Å². The van der Waals surface area contributed by atoms with Crippen LogP contribution in [-0.4, -0.2) is 58.9 Å². The Morgan fingerprint density at radius 2 is 1.66 bits per heavy atom. The van der Waals surface area contributed by atoms with Gasteiger partial charge in [0.15, 0.2) is 6.29 Å². The third-order valence-electron chi connectivity index (χ3n) is 11.0. The van der Waals surface area contributed by atoms with Gasteiger partial charge in [-0.3, -0.25) is 9.69 Å². The standard InChI is InChI=1S/C44H57N3O6/c1-6-23-51-43(50)45-26-31-11-9-13-34(24-31)35-14-10-15-36(25-35)42-52-39(29(2)40(53-42)33-19-17-30(28-48)18-20-33)27-47-37-16-8-7-12-32(37)21-22-38(47)41(49)46-44(3,4)5/h6,9-11,13-15,17-20,24-25,29,32,37-40,42,48H,1,7-8,12,16,21-23,26-28H2,2-5H3,(H,45,50)(H,46,49). The molecule has 2 amide bonds. The van der Waals surface area contributed by atoms with Crippen LogP contribution in [0, 0.1) is 11.8 Å². The molecule has 0 bridgehead atoms. The maximum Gasteiger partial charge on any atom is 0.407 e. The fraction of sp³-hybridized carbons (Fsp3) is 0.500. The third kappa shape index (κ3) is 9.75. The minimum atomic E-state index is -0.642. The van der Waals surface area contributed by atoms with Gasteiger partial charge in [-0.25, -0.2) is 4.79 Å². The van der Waals surface area contributed by atoms with Crippen LogP contribution in [0.25, 0.3) is 11.1 Å². The number of ether oxygens (including phenoxy) is 3. The maximum atomic E-state index is 13.9. The van der Waals surface area contributed by atoms with Crippen molar-refractivity contribution in [2.45, 2.75) is 115 Å². The van der Waals surface area contributed by atoms with E-state index < -0.39 is 12.4 Å². The summed E-state index contributed by atoms with van der Waals surface area (Å²) in [5, 5.41) is 15.8. The Labute approximate surface area is 315 Å². The van der Waals surface area contributed by atoms with Crippen molar-refractivity contribution in [2.75, 3.05) is 13.2 Å². The highest BCUT2D eigenvalue weighted by atomic mass is 16.7. The molecule has 3 aromatic rings. The summed E-state index contributed by atoms with van der Waals surface area (Å²) < 4.78 is 18.9. The van der Waals surface area contributed by atoms with Crippen LogP contribution in [-0.2, 0) is 32.2 Å². The molecule has 6 rings (SSSR count). The first-order chi connectivity index (χ1) is 25.5. The second kappa shape index (κ2) is 17.4. The lowest BCUT2D eigenvalue weighted by molar-refractivity contribution is -0.278. The molecule has 7 atom stereocenters. The topological polar surface area (TPSA) is 109 Å². The van der Waals surface area contributed by atoms with E-state index in [1.165, 1.54) is 25.3 Å². The molecule has 0 radical (unpaired) electrons. The summed E-state index contributed by atoms with van der Waals surface area (Å²) in [5.41, 5.74) is 5.43. The predicted molar refractivity (Wildman–Crippen MR) is 207 cm³/mol. The Kier molecular flexibility index (Phi) is 12.7. The zero-order chi connectivity index (χ0) is 37.5. The smallest absolute Gasteiger partial charge is 0.407 e. The average Bonchev–Trinajstić information content (AvgIpc) is 3.16. The Morgan fingerprint density at radius 1 is 0.925 bits per heavy atom. The Balaban J connectivity index is 1.29. The lowest BCUT2D eigenvalue weighted by Gasteiger charge is -2.51. The molecular formula is C44H57N3O6. The molecule has 2 heterocycles. The molecule has 0 aromatic heterocycles. The van der Waals surface area contributed by atoms with Crippen LogP contribution in [0.4, 0.5) is 4.79 Å². The largest absolute Gasteiger partial charge is 0.445 e. The fourth-order valence-electron chi connectivity index (χ4n) is 8.35. The number of piperidine rings is 1. The van der Waals surface area contributed by atoms with Gasteiger partial charge in [-0.05, 0) is 92.3 Å². The number of benzene rings is 3. The van der Waals surface area contributed by atoms with Crippen LogP contribution in [0.15, 0.2) is 85.5 Å². The summed E-state index contributed by atoms with van der Waals surface area (Å²) in [5.74, 6) is 0.690. The van der Waals surface area contributed by atoms with Gasteiger partial charge < -0.3 is 30.0 Å². The molecular weight excluding hydrogens is 666 g/mol. The van der Waals surface area contributed by atoms with Crippen molar-refractivity contribution in [3.63, 3.8) is 0 Å². The molecule has 0 spiro atoms. The number of likely N-dealkylation sites (tertiary alicyclic amines) is 1. The van der Waals surface area contributed by atoms with Gasteiger partial charge in [-0.2, -0.15) is 0 Å². The predicted octanol–water partition coefficient (Wildman–Crippen LogP) is 7.99. The van der Waals surface area contributed by atoms with Gasteiger partial charge in [0.2, 0.25) is 5.91 Å². The van der Waals surface area contributed by atoms with Crippen molar-refractivity contribution < 1.29 is 28.9 Å². The van der Waals surface area contributed by atoms with Crippen LogP contribution in [0.2, 0.25) is 0 Å². The average molecular weight is 724 g/mol. The Hall–Kier alpha value is -4.02. The highest BCUT2D eigenvalue weighted by Gasteiger charge is 2.46. The van der Waals surface area contributed by atoms with Gasteiger partial charge in [0, 0.05) is 36.2 Å². The fourth-order valence-corrected chi connectivity index (χ4v) is 8.35. The quantitative estimate of drug-likeness (QED) is 0.172. The van der Waals surface area contributed by atoms with E-state index in [0.29, 0.717) is 25.0 Å². The van der Waals surface area contributed by atoms with Gasteiger partial charge >= 0.3 is 6.09 Å². The van der Waals surface area contributed by atoms with E-state index in [2.05, 4.69) is 53.3 Å². The number of carbonyl (C=O) groups excluding carboxylic acids is 2. The van der Waals surface area contributed by atoms with E-state index in [-0.39, 0.29) is 48.8 Å². The highest BCUT2D eigenvalue weighted by molar-refractivity contribution is 5.82. The molecule has 3 N–H and O–H groups in total. The summed E-state index contributed by atoms with van der Waals surface area (Å²) in [6.45, 7) is 13.0. The summed E-state index contributed by atoms with van der Waals surface area (Å²) in [4.78, 5) is 28.4. The molecule has 7 unspecified atom stereocenters.